The highest BCUT2D eigenvalue weighted by molar-refractivity contribution is 9.10. The normalized spacial score (nSPS) is 12.2. The molecule has 152 valence electrons. The molecule has 0 unspecified atom stereocenters. The summed E-state index contributed by atoms with van der Waals surface area (Å²) in [6.45, 7) is 1.25. The van der Waals surface area contributed by atoms with Gasteiger partial charge in [0, 0.05) is 17.3 Å². The Morgan fingerprint density at radius 1 is 1.11 bits per heavy atom. The van der Waals surface area contributed by atoms with E-state index >= 15 is 0 Å². The largest absolute Gasteiger partial charge is 0.468 e. The molecule has 2 rings (SSSR count). The summed E-state index contributed by atoms with van der Waals surface area (Å²) in [5.74, 6) is -0.729. The highest BCUT2D eigenvalue weighted by Crippen LogP contribution is 2.29. The smallest absolute Gasteiger partial charge is 0.321 e. The first-order valence-electron chi connectivity index (χ1n) is 8.08. The third-order valence-electron chi connectivity index (χ3n) is 4.09. The Labute approximate surface area is 173 Å². The predicted molar refractivity (Wildman–Crippen MR) is 108 cm³/mol. The van der Waals surface area contributed by atoms with Crippen LogP contribution in [0.2, 0.25) is 0 Å². The van der Waals surface area contributed by atoms with E-state index in [1.54, 1.807) is 12.1 Å². The van der Waals surface area contributed by atoms with Crippen molar-refractivity contribution in [2.45, 2.75) is 23.3 Å². The predicted octanol–water partition coefficient (Wildman–Crippen LogP) is 2.52. The van der Waals surface area contributed by atoms with Crippen LogP contribution in [0.25, 0.3) is 0 Å². The number of aryl methyl sites for hydroxylation is 1. The van der Waals surface area contributed by atoms with E-state index in [4.69, 9.17) is 0 Å². The molecule has 7 nitrogen and oxygen atoms in total. The van der Waals surface area contributed by atoms with Gasteiger partial charge in [0.25, 0.3) is 0 Å². The highest BCUT2D eigenvalue weighted by atomic mass is 79.9. The Morgan fingerprint density at radius 2 is 1.75 bits per heavy atom. The van der Waals surface area contributed by atoms with Gasteiger partial charge in [0.2, 0.25) is 10.0 Å². The topological polar surface area (TPSA) is 97.8 Å². The Balaban J connectivity index is 2.58. The molecule has 10 heteroatoms. The van der Waals surface area contributed by atoms with E-state index in [0.717, 1.165) is 22.2 Å². The van der Waals surface area contributed by atoms with Crippen molar-refractivity contribution in [3.8, 4) is 0 Å². The van der Waals surface area contributed by atoms with Crippen LogP contribution in [-0.2, 0) is 35.9 Å². The molecule has 2 aromatic rings. The van der Waals surface area contributed by atoms with Gasteiger partial charge in [-0.15, -0.1) is 0 Å². The van der Waals surface area contributed by atoms with Crippen molar-refractivity contribution < 1.29 is 26.4 Å². The number of esters is 1. The van der Waals surface area contributed by atoms with Gasteiger partial charge >= 0.3 is 5.97 Å². The van der Waals surface area contributed by atoms with Gasteiger partial charge in [-0.3, -0.25) is 4.79 Å². The molecule has 0 fully saturated rings. The molecule has 28 heavy (non-hydrogen) atoms. The summed E-state index contributed by atoms with van der Waals surface area (Å²) in [6.07, 6.45) is 0.992. The van der Waals surface area contributed by atoms with E-state index in [2.05, 4.69) is 20.7 Å². The number of nitrogens with zero attached hydrogens (tertiary/aromatic N) is 1. The van der Waals surface area contributed by atoms with Gasteiger partial charge in [-0.05, 0) is 52.2 Å². The van der Waals surface area contributed by atoms with Gasteiger partial charge in [0.1, 0.15) is 6.54 Å². The van der Waals surface area contributed by atoms with Crippen molar-refractivity contribution >= 4 is 41.8 Å². The number of benzene rings is 2. The number of rotatable bonds is 7. The number of halogens is 1. The van der Waals surface area contributed by atoms with Gasteiger partial charge in [-0.1, -0.05) is 24.3 Å². The van der Waals surface area contributed by atoms with Crippen LogP contribution in [0.5, 0.6) is 0 Å². The van der Waals surface area contributed by atoms with E-state index in [1.165, 1.54) is 19.2 Å². The molecule has 0 radical (unpaired) electrons. The third kappa shape index (κ3) is 5.19. The lowest BCUT2D eigenvalue weighted by molar-refractivity contribution is -0.140. The van der Waals surface area contributed by atoms with Crippen molar-refractivity contribution in [3.05, 3.63) is 58.1 Å². The molecule has 0 atom stereocenters. The summed E-state index contributed by atoms with van der Waals surface area (Å²) in [5, 5.41) is 0. The Kier molecular flexibility index (Phi) is 7.02. The summed E-state index contributed by atoms with van der Waals surface area (Å²) in [7, 11) is -6.66. The van der Waals surface area contributed by atoms with Gasteiger partial charge in [0.05, 0.1) is 16.9 Å². The minimum absolute atomic E-state index is 0.0698. The minimum atomic E-state index is -4.21. The lowest BCUT2D eigenvalue weighted by Crippen LogP contribution is -2.36. The quantitative estimate of drug-likeness (QED) is 0.554. The molecule has 0 bridgehead atoms. The number of hydrogen-bond acceptors (Lipinski definition) is 6. The van der Waals surface area contributed by atoms with Crippen LogP contribution >= 0.6 is 15.9 Å². The van der Waals surface area contributed by atoms with Crippen LogP contribution in [0.3, 0.4) is 0 Å². The van der Waals surface area contributed by atoms with Crippen molar-refractivity contribution in [3.63, 3.8) is 0 Å². The summed E-state index contributed by atoms with van der Waals surface area (Å²) in [6, 6.07) is 10.9. The number of hydrogen-bond donors (Lipinski definition) is 0. The first-order valence-corrected chi connectivity index (χ1v) is 12.2. The molecule has 0 amide bonds. The summed E-state index contributed by atoms with van der Waals surface area (Å²) >= 11 is 3.17. The van der Waals surface area contributed by atoms with Crippen molar-refractivity contribution in [1.82, 2.24) is 4.31 Å². The fraction of sp³-hybridized carbons (Fsp3) is 0.278. The van der Waals surface area contributed by atoms with Crippen LogP contribution in [-0.4, -0.2) is 47.0 Å². The molecule has 0 heterocycles. The van der Waals surface area contributed by atoms with E-state index in [9.17, 15) is 21.6 Å². The summed E-state index contributed by atoms with van der Waals surface area (Å²) in [5.41, 5.74) is 1.57. The van der Waals surface area contributed by atoms with Gasteiger partial charge in [-0.2, -0.15) is 4.31 Å². The van der Waals surface area contributed by atoms with E-state index in [0.29, 0.717) is 5.56 Å². The second kappa shape index (κ2) is 8.73. The molecule has 0 aliphatic carbocycles. The zero-order valence-electron chi connectivity index (χ0n) is 15.5. The molecule has 0 saturated heterocycles. The standard InChI is InChI=1S/C18H20BrNO6S2/c1-13-6-4-5-7-14(13)11-20(12-18(21)26-2)28(24,25)17-10-15(27(3,22)23)8-9-16(17)19/h4-10H,11-12H2,1-3H3. The number of sulfonamides is 1. The second-order valence-corrected chi connectivity index (χ2v) is 10.9. The second-order valence-electron chi connectivity index (χ2n) is 6.14. The molecule has 0 aliphatic rings. The fourth-order valence-corrected chi connectivity index (χ4v) is 5.50. The van der Waals surface area contributed by atoms with Crippen molar-refractivity contribution in [2.24, 2.45) is 0 Å². The van der Waals surface area contributed by atoms with Crippen LogP contribution in [0, 0.1) is 6.92 Å². The van der Waals surface area contributed by atoms with Gasteiger partial charge < -0.3 is 4.74 Å². The average Bonchev–Trinajstić information content (AvgIpc) is 2.61. The van der Waals surface area contributed by atoms with Crippen molar-refractivity contribution in [1.29, 1.82) is 0 Å². The molecule has 0 aliphatic heterocycles. The molecule has 0 aromatic heterocycles. The molecular formula is C18H20BrNO6S2. The Morgan fingerprint density at radius 3 is 2.32 bits per heavy atom. The third-order valence-corrected chi connectivity index (χ3v) is 7.99. The van der Waals surface area contributed by atoms with Gasteiger partial charge in [-0.25, -0.2) is 16.8 Å². The number of methoxy groups -OCH3 is 1. The Hall–Kier alpha value is -1.75. The maximum atomic E-state index is 13.3. The number of carbonyl (C=O) groups excluding carboxylic acids is 1. The Bertz CT molecular complexity index is 1100. The minimum Gasteiger partial charge on any atom is -0.468 e. The summed E-state index contributed by atoms with van der Waals surface area (Å²) < 4.78 is 56.1. The lowest BCUT2D eigenvalue weighted by atomic mass is 10.1. The molecular weight excluding hydrogens is 470 g/mol. The molecule has 0 N–H and O–H groups in total. The lowest BCUT2D eigenvalue weighted by Gasteiger charge is -2.23. The van der Waals surface area contributed by atoms with Crippen LogP contribution < -0.4 is 0 Å². The zero-order valence-corrected chi connectivity index (χ0v) is 18.8. The van der Waals surface area contributed by atoms with Gasteiger partial charge in [0.15, 0.2) is 9.84 Å². The number of sulfone groups is 1. The highest BCUT2D eigenvalue weighted by Gasteiger charge is 2.30. The van der Waals surface area contributed by atoms with Crippen molar-refractivity contribution in [2.75, 3.05) is 19.9 Å². The average molecular weight is 490 g/mol. The van der Waals surface area contributed by atoms with E-state index < -0.39 is 32.4 Å². The summed E-state index contributed by atoms with van der Waals surface area (Å²) in [4.78, 5) is 11.5. The van der Waals surface area contributed by atoms with E-state index in [-0.39, 0.29) is 20.8 Å². The van der Waals surface area contributed by atoms with Crippen LogP contribution in [0.15, 0.2) is 56.7 Å². The molecule has 0 spiro atoms. The maximum absolute atomic E-state index is 13.3. The van der Waals surface area contributed by atoms with Crippen LogP contribution in [0.4, 0.5) is 0 Å². The molecule has 2 aromatic carbocycles. The van der Waals surface area contributed by atoms with Crippen LogP contribution in [0.1, 0.15) is 11.1 Å². The number of carbonyl (C=O) groups is 1. The first-order chi connectivity index (χ1) is 13.0. The van der Waals surface area contributed by atoms with E-state index in [1.807, 2.05) is 19.1 Å². The fourth-order valence-electron chi connectivity index (χ4n) is 2.46. The number of ether oxygens (including phenoxy) is 1. The monoisotopic (exact) mass is 489 g/mol. The zero-order chi connectivity index (χ0) is 21.1. The first kappa shape index (κ1) is 22.5. The maximum Gasteiger partial charge on any atom is 0.321 e. The molecule has 0 saturated carbocycles. The SMILES string of the molecule is COC(=O)CN(Cc1ccccc1C)S(=O)(=O)c1cc(S(C)(=O)=O)ccc1Br.